The summed E-state index contributed by atoms with van der Waals surface area (Å²) < 4.78 is 6.36. The first kappa shape index (κ1) is 11.6. The maximum absolute atomic E-state index is 9.28. The van der Waals surface area contributed by atoms with Gasteiger partial charge in [0.15, 0.2) is 0 Å². The molecule has 0 radical (unpaired) electrons. The summed E-state index contributed by atoms with van der Waals surface area (Å²) in [5.74, 6) is 0. The van der Waals surface area contributed by atoms with Gasteiger partial charge in [0.05, 0.1) is 13.2 Å². The van der Waals surface area contributed by atoms with Gasteiger partial charge in [0.2, 0.25) is 6.04 Å². The van der Waals surface area contributed by atoms with Crippen molar-refractivity contribution in [3.05, 3.63) is 34.3 Å². The van der Waals surface area contributed by atoms with Crippen LogP contribution in [0.15, 0.2) is 28.7 Å². The van der Waals surface area contributed by atoms with E-state index in [2.05, 4.69) is 22.0 Å². The first-order chi connectivity index (χ1) is 7.81. The van der Waals surface area contributed by atoms with Crippen LogP contribution in [0, 0.1) is 11.3 Å². The molecule has 4 heteroatoms. The topological polar surface area (TPSA) is 37.5 Å². The van der Waals surface area contributed by atoms with E-state index in [1.807, 2.05) is 24.3 Å². The minimum Gasteiger partial charge on any atom is -0.370 e. The van der Waals surface area contributed by atoms with Crippen molar-refractivity contribution >= 4 is 15.9 Å². The molecule has 1 aromatic rings. The number of hydrogen-bond acceptors (Lipinski definition) is 2. The van der Waals surface area contributed by atoms with E-state index in [4.69, 9.17) is 4.74 Å². The van der Waals surface area contributed by atoms with Gasteiger partial charge in [-0.05, 0) is 12.1 Å². The monoisotopic (exact) mass is 281 g/mol. The molecule has 0 aliphatic carbocycles. The Morgan fingerprint density at radius 3 is 2.44 bits per heavy atom. The van der Waals surface area contributed by atoms with Crippen molar-refractivity contribution in [2.75, 3.05) is 26.3 Å². The predicted octanol–water partition coefficient (Wildman–Crippen LogP) is 0.929. The molecular formula is C12H14BrN2O+. The SMILES string of the molecule is N#CC(c1ccc(Br)cc1)[NH+]1CCOCC1. The Morgan fingerprint density at radius 2 is 1.88 bits per heavy atom. The molecule has 1 N–H and O–H groups in total. The number of quaternary nitrogens is 1. The summed E-state index contributed by atoms with van der Waals surface area (Å²) in [6.07, 6.45) is 0. The summed E-state index contributed by atoms with van der Waals surface area (Å²) in [4.78, 5) is 1.30. The summed E-state index contributed by atoms with van der Waals surface area (Å²) in [5, 5.41) is 9.28. The van der Waals surface area contributed by atoms with Gasteiger partial charge < -0.3 is 9.64 Å². The smallest absolute Gasteiger partial charge is 0.200 e. The fraction of sp³-hybridized carbons (Fsp3) is 0.417. The van der Waals surface area contributed by atoms with Crippen molar-refractivity contribution in [3.63, 3.8) is 0 Å². The zero-order chi connectivity index (χ0) is 11.4. The van der Waals surface area contributed by atoms with Gasteiger partial charge in [-0.25, -0.2) is 0 Å². The molecule has 1 aromatic carbocycles. The van der Waals surface area contributed by atoms with Crippen LogP contribution in [0.4, 0.5) is 0 Å². The lowest BCUT2D eigenvalue weighted by molar-refractivity contribution is -0.930. The normalized spacial score (nSPS) is 19.0. The summed E-state index contributed by atoms with van der Waals surface area (Å²) in [6.45, 7) is 3.33. The Morgan fingerprint density at radius 1 is 1.25 bits per heavy atom. The molecule has 1 aliphatic heterocycles. The number of nitriles is 1. The Kier molecular flexibility index (Phi) is 3.94. The lowest BCUT2D eigenvalue weighted by Gasteiger charge is -2.27. The van der Waals surface area contributed by atoms with Crippen molar-refractivity contribution in [1.29, 1.82) is 5.26 Å². The number of rotatable bonds is 2. The summed E-state index contributed by atoms with van der Waals surface area (Å²) in [6, 6.07) is 10.3. The van der Waals surface area contributed by atoms with Gasteiger partial charge in [0, 0.05) is 10.0 Å². The minimum atomic E-state index is -0.0722. The molecule has 0 spiro atoms. The second-order valence-corrected chi connectivity index (χ2v) is 4.80. The standard InChI is InChI=1S/C12H13BrN2O/c13-11-3-1-10(2-4-11)12(9-14)15-5-7-16-8-6-15/h1-4,12H,5-8H2/p+1. The molecule has 0 amide bonds. The maximum Gasteiger partial charge on any atom is 0.200 e. The van der Waals surface area contributed by atoms with Crippen LogP contribution in [-0.4, -0.2) is 26.3 Å². The molecule has 3 nitrogen and oxygen atoms in total. The van der Waals surface area contributed by atoms with E-state index in [0.717, 1.165) is 36.3 Å². The molecule has 1 aliphatic rings. The molecule has 84 valence electrons. The van der Waals surface area contributed by atoms with Crippen LogP contribution in [0.5, 0.6) is 0 Å². The number of halogens is 1. The van der Waals surface area contributed by atoms with Crippen LogP contribution in [0.3, 0.4) is 0 Å². The molecular weight excluding hydrogens is 268 g/mol. The van der Waals surface area contributed by atoms with Crippen molar-refractivity contribution in [3.8, 4) is 6.07 Å². The van der Waals surface area contributed by atoms with E-state index < -0.39 is 0 Å². The zero-order valence-electron chi connectivity index (χ0n) is 8.95. The fourth-order valence-corrected chi connectivity index (χ4v) is 2.24. The van der Waals surface area contributed by atoms with Crippen LogP contribution >= 0.6 is 15.9 Å². The third-order valence-corrected chi connectivity index (χ3v) is 3.40. The van der Waals surface area contributed by atoms with E-state index >= 15 is 0 Å². The molecule has 2 rings (SSSR count). The Labute approximate surface area is 104 Å². The highest BCUT2D eigenvalue weighted by Crippen LogP contribution is 2.14. The van der Waals surface area contributed by atoms with Gasteiger partial charge in [0.1, 0.15) is 19.2 Å². The summed E-state index contributed by atoms with van der Waals surface area (Å²) >= 11 is 3.40. The van der Waals surface area contributed by atoms with Gasteiger partial charge in [-0.3, -0.25) is 0 Å². The van der Waals surface area contributed by atoms with E-state index in [0.29, 0.717) is 0 Å². The average molecular weight is 282 g/mol. The predicted molar refractivity (Wildman–Crippen MR) is 64.0 cm³/mol. The zero-order valence-corrected chi connectivity index (χ0v) is 10.5. The van der Waals surface area contributed by atoms with Crippen LogP contribution in [0.1, 0.15) is 11.6 Å². The van der Waals surface area contributed by atoms with Gasteiger partial charge in [0.25, 0.3) is 0 Å². The molecule has 1 fully saturated rings. The maximum atomic E-state index is 9.28. The van der Waals surface area contributed by atoms with E-state index in [1.165, 1.54) is 4.90 Å². The van der Waals surface area contributed by atoms with Crippen LogP contribution in [0.2, 0.25) is 0 Å². The molecule has 1 saturated heterocycles. The van der Waals surface area contributed by atoms with Crippen molar-refractivity contribution in [2.45, 2.75) is 6.04 Å². The lowest BCUT2D eigenvalue weighted by atomic mass is 10.1. The Balaban J connectivity index is 2.15. The van der Waals surface area contributed by atoms with Gasteiger partial charge in [-0.2, -0.15) is 5.26 Å². The first-order valence-corrected chi connectivity index (χ1v) is 6.18. The third kappa shape index (κ3) is 2.62. The second kappa shape index (κ2) is 5.44. The molecule has 16 heavy (non-hydrogen) atoms. The van der Waals surface area contributed by atoms with Crippen LogP contribution in [-0.2, 0) is 4.74 Å². The third-order valence-electron chi connectivity index (χ3n) is 2.88. The lowest BCUT2D eigenvalue weighted by Crippen LogP contribution is -3.14. The highest BCUT2D eigenvalue weighted by Gasteiger charge is 2.25. The van der Waals surface area contributed by atoms with E-state index in [-0.39, 0.29) is 6.04 Å². The number of nitrogens with one attached hydrogen (secondary N) is 1. The molecule has 0 bridgehead atoms. The van der Waals surface area contributed by atoms with Crippen molar-refractivity contribution < 1.29 is 9.64 Å². The number of morpholine rings is 1. The van der Waals surface area contributed by atoms with Crippen molar-refractivity contribution in [1.82, 2.24) is 0 Å². The van der Waals surface area contributed by atoms with E-state index in [1.54, 1.807) is 0 Å². The fourth-order valence-electron chi connectivity index (χ4n) is 1.98. The molecule has 1 unspecified atom stereocenters. The minimum absolute atomic E-state index is 0.0722. The molecule has 0 saturated carbocycles. The number of benzene rings is 1. The van der Waals surface area contributed by atoms with Gasteiger partial charge in [-0.15, -0.1) is 0 Å². The van der Waals surface area contributed by atoms with Crippen LogP contribution < -0.4 is 4.90 Å². The average Bonchev–Trinajstić information content (AvgIpc) is 2.34. The number of ether oxygens (including phenoxy) is 1. The number of nitrogens with zero attached hydrogens (tertiary/aromatic N) is 1. The molecule has 0 aromatic heterocycles. The largest absolute Gasteiger partial charge is 0.370 e. The second-order valence-electron chi connectivity index (χ2n) is 3.88. The van der Waals surface area contributed by atoms with Crippen LogP contribution in [0.25, 0.3) is 0 Å². The van der Waals surface area contributed by atoms with Crippen molar-refractivity contribution in [2.24, 2.45) is 0 Å². The Bertz CT molecular complexity index is 379. The summed E-state index contributed by atoms with van der Waals surface area (Å²) in [7, 11) is 0. The summed E-state index contributed by atoms with van der Waals surface area (Å²) in [5.41, 5.74) is 1.09. The van der Waals surface area contributed by atoms with Gasteiger partial charge in [-0.1, -0.05) is 28.1 Å². The highest BCUT2D eigenvalue weighted by atomic mass is 79.9. The number of hydrogen-bond donors (Lipinski definition) is 1. The highest BCUT2D eigenvalue weighted by molar-refractivity contribution is 9.10. The molecule has 1 atom stereocenters. The Hall–Kier alpha value is -0.890. The quantitative estimate of drug-likeness (QED) is 0.876. The van der Waals surface area contributed by atoms with Gasteiger partial charge >= 0.3 is 0 Å². The van der Waals surface area contributed by atoms with E-state index in [9.17, 15) is 5.26 Å². The molecule has 1 heterocycles. The first-order valence-electron chi connectivity index (χ1n) is 5.38.